The number of benzene rings is 2. The van der Waals surface area contributed by atoms with Crippen LogP contribution < -0.4 is 10.2 Å². The number of hydrogen-bond donors (Lipinski definition) is 1. The van der Waals surface area contributed by atoms with E-state index in [2.05, 4.69) is 41.5 Å². The molecule has 0 saturated carbocycles. The Morgan fingerprint density at radius 1 is 1.20 bits per heavy atom. The molecule has 2 nitrogen and oxygen atoms in total. The van der Waals surface area contributed by atoms with Crippen molar-refractivity contribution in [2.24, 2.45) is 0 Å². The van der Waals surface area contributed by atoms with Gasteiger partial charge in [-0.05, 0) is 48.2 Å². The molecule has 3 rings (SSSR count). The van der Waals surface area contributed by atoms with Crippen LogP contribution in [0.3, 0.4) is 0 Å². The van der Waals surface area contributed by atoms with Gasteiger partial charge in [-0.1, -0.05) is 29.8 Å². The van der Waals surface area contributed by atoms with Crippen LogP contribution in [-0.2, 0) is 13.0 Å². The van der Waals surface area contributed by atoms with E-state index in [9.17, 15) is 0 Å². The van der Waals surface area contributed by atoms with Gasteiger partial charge in [-0.3, -0.25) is 0 Å². The van der Waals surface area contributed by atoms with E-state index in [0.717, 1.165) is 35.8 Å². The van der Waals surface area contributed by atoms with Gasteiger partial charge in [0.05, 0.1) is 0 Å². The summed E-state index contributed by atoms with van der Waals surface area (Å²) < 4.78 is 0. The zero-order valence-corrected chi connectivity index (χ0v) is 12.7. The van der Waals surface area contributed by atoms with Crippen molar-refractivity contribution in [1.82, 2.24) is 0 Å². The predicted molar refractivity (Wildman–Crippen MR) is 86.9 cm³/mol. The summed E-state index contributed by atoms with van der Waals surface area (Å²) in [6, 6.07) is 12.8. The quantitative estimate of drug-likeness (QED) is 0.907. The minimum absolute atomic E-state index is 0.811. The molecule has 0 radical (unpaired) electrons. The molecule has 0 unspecified atom stereocenters. The van der Waals surface area contributed by atoms with E-state index in [4.69, 9.17) is 11.6 Å². The molecule has 3 heteroatoms. The third-order valence-electron chi connectivity index (χ3n) is 3.94. The van der Waals surface area contributed by atoms with Gasteiger partial charge in [0.2, 0.25) is 0 Å². The highest BCUT2D eigenvalue weighted by molar-refractivity contribution is 6.31. The van der Waals surface area contributed by atoms with Gasteiger partial charge in [0.25, 0.3) is 0 Å². The second kappa shape index (κ2) is 5.37. The summed E-state index contributed by atoms with van der Waals surface area (Å²) in [5.41, 5.74) is 6.31. The number of nitrogens with zero attached hydrogens (tertiary/aromatic N) is 1. The lowest BCUT2D eigenvalue weighted by Crippen LogP contribution is -2.12. The molecule has 1 N–H and O–H groups in total. The van der Waals surface area contributed by atoms with Crippen LogP contribution in [0, 0.1) is 6.92 Å². The number of halogens is 1. The maximum absolute atomic E-state index is 6.14. The Labute approximate surface area is 125 Å². The van der Waals surface area contributed by atoms with E-state index in [0.29, 0.717) is 0 Å². The second-order valence-corrected chi connectivity index (χ2v) is 5.86. The molecule has 0 aromatic heterocycles. The van der Waals surface area contributed by atoms with E-state index in [1.54, 1.807) is 0 Å². The number of likely N-dealkylation sites (N-methyl/N-ethyl adjacent to an activating group) is 1. The average molecular weight is 287 g/mol. The molecule has 0 saturated heterocycles. The zero-order valence-electron chi connectivity index (χ0n) is 11.9. The number of aryl methyl sites for hydroxylation is 1. The van der Waals surface area contributed by atoms with Crippen molar-refractivity contribution in [3.8, 4) is 0 Å². The van der Waals surface area contributed by atoms with Gasteiger partial charge in [-0.25, -0.2) is 0 Å². The third-order valence-corrected chi connectivity index (χ3v) is 4.35. The summed E-state index contributed by atoms with van der Waals surface area (Å²) in [4.78, 5) is 2.31. The first-order valence-corrected chi connectivity index (χ1v) is 7.34. The molecule has 0 aliphatic carbocycles. The number of fused-ring (bicyclic) bond motifs is 1. The molecule has 1 aliphatic heterocycles. The first-order chi connectivity index (χ1) is 9.63. The highest BCUT2D eigenvalue weighted by Crippen LogP contribution is 2.28. The number of nitrogens with one attached hydrogen (secondary N) is 1. The fourth-order valence-corrected chi connectivity index (χ4v) is 2.82. The highest BCUT2D eigenvalue weighted by atomic mass is 35.5. The molecule has 104 valence electrons. The fraction of sp³-hybridized carbons (Fsp3) is 0.294. The van der Waals surface area contributed by atoms with E-state index >= 15 is 0 Å². The van der Waals surface area contributed by atoms with E-state index in [1.807, 2.05) is 19.1 Å². The van der Waals surface area contributed by atoms with Gasteiger partial charge in [-0.15, -0.1) is 0 Å². The minimum Gasteiger partial charge on any atom is -0.381 e. The van der Waals surface area contributed by atoms with Gasteiger partial charge >= 0.3 is 0 Å². The van der Waals surface area contributed by atoms with E-state index in [-0.39, 0.29) is 0 Å². The standard InChI is InChI=1S/C17H19ClN2/c1-12-3-5-15(10-16(12)18)19-11-13-4-6-17-14(9-13)7-8-20(17)2/h3-6,9-10,19H,7-8,11H2,1-2H3. The van der Waals surface area contributed by atoms with Crippen LogP contribution in [0.5, 0.6) is 0 Å². The fourth-order valence-electron chi connectivity index (χ4n) is 2.64. The summed E-state index contributed by atoms with van der Waals surface area (Å²) in [6.45, 7) is 3.97. The Bertz CT molecular complexity index is 637. The molecule has 1 aliphatic rings. The van der Waals surface area contributed by atoms with Crippen molar-refractivity contribution in [2.75, 3.05) is 23.8 Å². The smallest absolute Gasteiger partial charge is 0.0455 e. The molecule has 0 spiro atoms. The first-order valence-electron chi connectivity index (χ1n) is 6.96. The van der Waals surface area contributed by atoms with Crippen molar-refractivity contribution in [3.63, 3.8) is 0 Å². The Kier molecular flexibility index (Phi) is 3.58. The van der Waals surface area contributed by atoms with Gasteiger partial charge in [-0.2, -0.15) is 0 Å². The van der Waals surface area contributed by atoms with Crippen LogP contribution in [0.2, 0.25) is 5.02 Å². The maximum atomic E-state index is 6.14. The van der Waals surface area contributed by atoms with Crippen LogP contribution >= 0.6 is 11.6 Å². The van der Waals surface area contributed by atoms with E-state index < -0.39 is 0 Å². The third kappa shape index (κ3) is 2.61. The lowest BCUT2D eigenvalue weighted by molar-refractivity contribution is 0.955. The molecular formula is C17H19ClN2. The summed E-state index contributed by atoms with van der Waals surface area (Å²) in [5, 5.41) is 4.24. The summed E-state index contributed by atoms with van der Waals surface area (Å²) >= 11 is 6.14. The summed E-state index contributed by atoms with van der Waals surface area (Å²) in [6.07, 6.45) is 1.15. The van der Waals surface area contributed by atoms with Gasteiger partial charge < -0.3 is 10.2 Å². The zero-order chi connectivity index (χ0) is 14.1. The number of hydrogen-bond acceptors (Lipinski definition) is 2. The number of rotatable bonds is 3. The van der Waals surface area contributed by atoms with Crippen LogP contribution in [0.25, 0.3) is 0 Å². The summed E-state index contributed by atoms with van der Waals surface area (Å²) in [5.74, 6) is 0. The van der Waals surface area contributed by atoms with Gasteiger partial charge in [0.15, 0.2) is 0 Å². The molecule has 2 aromatic rings. The normalized spacial score (nSPS) is 13.4. The molecule has 1 heterocycles. The maximum Gasteiger partial charge on any atom is 0.0455 e. The molecule has 0 bridgehead atoms. The van der Waals surface area contributed by atoms with Crippen molar-refractivity contribution in [3.05, 3.63) is 58.1 Å². The Hall–Kier alpha value is -1.67. The second-order valence-electron chi connectivity index (χ2n) is 5.45. The van der Waals surface area contributed by atoms with Crippen LogP contribution in [0.4, 0.5) is 11.4 Å². The summed E-state index contributed by atoms with van der Waals surface area (Å²) in [7, 11) is 2.15. The van der Waals surface area contributed by atoms with Gasteiger partial charge in [0, 0.05) is 36.5 Å². The minimum atomic E-state index is 0.811. The first kappa shape index (κ1) is 13.3. The van der Waals surface area contributed by atoms with Crippen molar-refractivity contribution in [1.29, 1.82) is 0 Å². The highest BCUT2D eigenvalue weighted by Gasteiger charge is 2.15. The molecule has 0 atom stereocenters. The lowest BCUT2D eigenvalue weighted by Gasteiger charge is -2.13. The average Bonchev–Trinajstić information content (AvgIpc) is 2.81. The largest absolute Gasteiger partial charge is 0.381 e. The van der Waals surface area contributed by atoms with Crippen molar-refractivity contribution in [2.45, 2.75) is 19.9 Å². The Morgan fingerprint density at radius 2 is 2.05 bits per heavy atom. The van der Waals surface area contributed by atoms with Crippen LogP contribution in [0.1, 0.15) is 16.7 Å². The molecule has 0 amide bonds. The van der Waals surface area contributed by atoms with Crippen molar-refractivity contribution >= 4 is 23.0 Å². The molecular weight excluding hydrogens is 268 g/mol. The Morgan fingerprint density at radius 3 is 2.85 bits per heavy atom. The molecule has 20 heavy (non-hydrogen) atoms. The van der Waals surface area contributed by atoms with Crippen molar-refractivity contribution < 1.29 is 0 Å². The van der Waals surface area contributed by atoms with Crippen LogP contribution in [0.15, 0.2) is 36.4 Å². The lowest BCUT2D eigenvalue weighted by atomic mass is 10.1. The molecule has 0 fully saturated rings. The van der Waals surface area contributed by atoms with Gasteiger partial charge in [0.1, 0.15) is 0 Å². The number of anilines is 2. The SMILES string of the molecule is Cc1ccc(NCc2ccc3c(c2)CCN3C)cc1Cl. The topological polar surface area (TPSA) is 15.3 Å². The van der Waals surface area contributed by atoms with E-state index in [1.165, 1.54) is 16.8 Å². The Balaban J connectivity index is 1.71. The molecule has 2 aromatic carbocycles. The van der Waals surface area contributed by atoms with Crippen LogP contribution in [-0.4, -0.2) is 13.6 Å². The monoisotopic (exact) mass is 286 g/mol. The predicted octanol–water partition coefficient (Wildman–Crippen LogP) is 4.25.